The summed E-state index contributed by atoms with van der Waals surface area (Å²) in [5.41, 5.74) is 3.75. The van der Waals surface area contributed by atoms with E-state index in [9.17, 15) is 4.79 Å². The lowest BCUT2D eigenvalue weighted by Gasteiger charge is -2.10. The van der Waals surface area contributed by atoms with Gasteiger partial charge in [0.25, 0.3) is 0 Å². The number of carbonyl (C=O) groups excluding carboxylic acids is 1. The van der Waals surface area contributed by atoms with Gasteiger partial charge in [0.1, 0.15) is 6.61 Å². The van der Waals surface area contributed by atoms with Gasteiger partial charge in [-0.15, -0.1) is 5.10 Å². The van der Waals surface area contributed by atoms with Crippen LogP contribution in [0.1, 0.15) is 51.0 Å². The molecule has 0 spiro atoms. The third-order valence-electron chi connectivity index (χ3n) is 6.21. The highest BCUT2D eigenvalue weighted by Crippen LogP contribution is 2.29. The van der Waals surface area contributed by atoms with Crippen LogP contribution < -0.4 is 10.1 Å². The van der Waals surface area contributed by atoms with E-state index >= 15 is 0 Å². The minimum absolute atomic E-state index is 0.0748. The molecule has 3 aromatic rings. The molecule has 0 unspecified atom stereocenters. The Morgan fingerprint density at radius 1 is 1.06 bits per heavy atom. The number of aryl methyl sites for hydroxylation is 1. The molecule has 0 bridgehead atoms. The van der Waals surface area contributed by atoms with Gasteiger partial charge in [-0.3, -0.25) is 4.79 Å². The number of nitrogens with zero attached hydrogens (tertiary/aromatic N) is 3. The molecular weight excluding hydrogens is 428 g/mol. The maximum absolute atomic E-state index is 12.4. The molecule has 0 radical (unpaired) electrons. The topological polar surface area (TPSA) is 78.3 Å². The standard InChI is InChI=1S/C27H34N4O3/c1-3-33-18-19-34-27-29-26(22-11-8-20(2)9-12-22)31(30-27)24-15-13-23(14-16-24)28-25(32)17-10-21-6-4-5-7-21/h8-9,11-16,21H,3-7,10,17-19H2,1-2H3,(H,28,32). The van der Waals surface area contributed by atoms with Gasteiger partial charge in [-0.05, 0) is 50.5 Å². The lowest BCUT2D eigenvalue weighted by molar-refractivity contribution is -0.116. The molecule has 4 rings (SSSR count). The number of hydrogen-bond donors (Lipinski definition) is 1. The molecule has 1 aliphatic rings. The third kappa shape index (κ3) is 6.44. The molecule has 2 aromatic carbocycles. The summed E-state index contributed by atoms with van der Waals surface area (Å²) in [4.78, 5) is 17.0. The Bertz CT molecular complexity index is 1050. The first-order valence-electron chi connectivity index (χ1n) is 12.3. The van der Waals surface area contributed by atoms with Gasteiger partial charge in [-0.1, -0.05) is 55.5 Å². The van der Waals surface area contributed by atoms with Gasteiger partial charge in [-0.25, -0.2) is 4.68 Å². The van der Waals surface area contributed by atoms with Crippen LogP contribution in [-0.4, -0.2) is 40.5 Å². The Labute approximate surface area is 201 Å². The van der Waals surface area contributed by atoms with Crippen LogP contribution in [0.3, 0.4) is 0 Å². The highest BCUT2D eigenvalue weighted by atomic mass is 16.5. The lowest BCUT2D eigenvalue weighted by Crippen LogP contribution is -2.12. The maximum Gasteiger partial charge on any atom is 0.336 e. The van der Waals surface area contributed by atoms with Gasteiger partial charge in [0.05, 0.1) is 12.3 Å². The van der Waals surface area contributed by atoms with E-state index < -0.39 is 0 Å². The maximum atomic E-state index is 12.4. The second-order valence-corrected chi connectivity index (χ2v) is 8.83. The average Bonchev–Trinajstić information content (AvgIpc) is 3.52. The van der Waals surface area contributed by atoms with Crippen LogP contribution in [0.5, 0.6) is 6.01 Å². The van der Waals surface area contributed by atoms with Crippen molar-refractivity contribution in [1.82, 2.24) is 14.8 Å². The molecule has 1 aromatic heterocycles. The van der Waals surface area contributed by atoms with Crippen molar-refractivity contribution >= 4 is 11.6 Å². The molecule has 0 atom stereocenters. The number of amides is 1. The van der Waals surface area contributed by atoms with Crippen molar-refractivity contribution in [2.45, 2.75) is 52.4 Å². The monoisotopic (exact) mass is 462 g/mol. The Balaban J connectivity index is 1.47. The third-order valence-corrected chi connectivity index (χ3v) is 6.21. The highest BCUT2D eigenvalue weighted by Gasteiger charge is 2.17. The first kappa shape index (κ1) is 24.0. The van der Waals surface area contributed by atoms with E-state index in [1.807, 2.05) is 55.5 Å². The van der Waals surface area contributed by atoms with Crippen molar-refractivity contribution in [3.63, 3.8) is 0 Å². The van der Waals surface area contributed by atoms with Crippen molar-refractivity contribution in [2.24, 2.45) is 5.92 Å². The van der Waals surface area contributed by atoms with Crippen LogP contribution in [0.2, 0.25) is 0 Å². The van der Waals surface area contributed by atoms with Crippen LogP contribution in [-0.2, 0) is 9.53 Å². The van der Waals surface area contributed by atoms with E-state index in [-0.39, 0.29) is 5.91 Å². The first-order chi connectivity index (χ1) is 16.6. The van der Waals surface area contributed by atoms with Crippen LogP contribution in [0.25, 0.3) is 17.1 Å². The molecule has 1 saturated carbocycles. The van der Waals surface area contributed by atoms with E-state index in [1.54, 1.807) is 4.68 Å². The number of anilines is 1. The molecule has 180 valence electrons. The largest absolute Gasteiger partial charge is 0.460 e. The predicted octanol–water partition coefficient (Wildman–Crippen LogP) is 5.57. The number of aromatic nitrogens is 3. The zero-order valence-electron chi connectivity index (χ0n) is 20.1. The second kappa shape index (κ2) is 11.8. The zero-order chi connectivity index (χ0) is 23.8. The van der Waals surface area contributed by atoms with Gasteiger partial charge < -0.3 is 14.8 Å². The summed E-state index contributed by atoms with van der Waals surface area (Å²) in [5.74, 6) is 1.48. The van der Waals surface area contributed by atoms with Crippen LogP contribution in [0, 0.1) is 12.8 Å². The van der Waals surface area contributed by atoms with Gasteiger partial charge in [-0.2, -0.15) is 4.98 Å². The molecule has 34 heavy (non-hydrogen) atoms. The normalized spacial score (nSPS) is 13.8. The molecule has 1 amide bonds. The van der Waals surface area contributed by atoms with E-state index in [1.165, 1.54) is 31.2 Å². The summed E-state index contributed by atoms with van der Waals surface area (Å²) < 4.78 is 12.8. The number of rotatable bonds is 11. The summed E-state index contributed by atoms with van der Waals surface area (Å²) in [5, 5.41) is 7.60. The molecule has 1 heterocycles. The van der Waals surface area contributed by atoms with E-state index in [0.717, 1.165) is 23.4 Å². The fraction of sp³-hybridized carbons (Fsp3) is 0.444. The molecule has 1 fully saturated rings. The van der Waals surface area contributed by atoms with Crippen molar-refractivity contribution in [1.29, 1.82) is 0 Å². The van der Waals surface area contributed by atoms with Crippen LogP contribution in [0.4, 0.5) is 5.69 Å². The summed E-state index contributed by atoms with van der Waals surface area (Å²) in [6, 6.07) is 16.1. The molecule has 0 aliphatic heterocycles. The average molecular weight is 463 g/mol. The fourth-order valence-corrected chi connectivity index (χ4v) is 4.30. The summed E-state index contributed by atoms with van der Waals surface area (Å²) in [6.07, 6.45) is 6.70. The van der Waals surface area contributed by atoms with Crippen LogP contribution in [0.15, 0.2) is 48.5 Å². The highest BCUT2D eigenvalue weighted by molar-refractivity contribution is 5.90. The Hall–Kier alpha value is -3.19. The number of carbonyl (C=O) groups is 1. The van der Waals surface area contributed by atoms with Crippen molar-refractivity contribution in [3.8, 4) is 23.1 Å². The molecule has 7 heteroatoms. The minimum Gasteiger partial charge on any atom is -0.460 e. The summed E-state index contributed by atoms with van der Waals surface area (Å²) >= 11 is 0. The Morgan fingerprint density at radius 2 is 1.79 bits per heavy atom. The van der Waals surface area contributed by atoms with Gasteiger partial charge >= 0.3 is 6.01 Å². The van der Waals surface area contributed by atoms with E-state index in [4.69, 9.17) is 9.47 Å². The van der Waals surface area contributed by atoms with Gasteiger partial charge in [0, 0.05) is 24.3 Å². The smallest absolute Gasteiger partial charge is 0.336 e. The second-order valence-electron chi connectivity index (χ2n) is 8.83. The fourth-order valence-electron chi connectivity index (χ4n) is 4.30. The molecule has 7 nitrogen and oxygen atoms in total. The minimum atomic E-state index is 0.0748. The van der Waals surface area contributed by atoms with Crippen molar-refractivity contribution in [2.75, 3.05) is 25.1 Å². The SMILES string of the molecule is CCOCCOc1nc(-c2ccc(C)cc2)n(-c2ccc(NC(=O)CCC3CCCC3)cc2)n1. The molecule has 1 N–H and O–H groups in total. The van der Waals surface area contributed by atoms with Crippen molar-refractivity contribution < 1.29 is 14.3 Å². The molecule has 0 saturated heterocycles. The number of ether oxygens (including phenoxy) is 2. The zero-order valence-corrected chi connectivity index (χ0v) is 20.1. The molecular formula is C27H34N4O3. The van der Waals surface area contributed by atoms with E-state index in [2.05, 4.69) is 22.3 Å². The van der Waals surface area contributed by atoms with Gasteiger partial charge in [0.2, 0.25) is 5.91 Å². The number of hydrogen-bond acceptors (Lipinski definition) is 5. The summed E-state index contributed by atoms with van der Waals surface area (Å²) in [7, 11) is 0. The Morgan fingerprint density at radius 3 is 2.50 bits per heavy atom. The number of nitrogens with one attached hydrogen (secondary N) is 1. The van der Waals surface area contributed by atoms with E-state index in [0.29, 0.717) is 44.0 Å². The van der Waals surface area contributed by atoms with Crippen LogP contribution >= 0.6 is 0 Å². The number of benzene rings is 2. The van der Waals surface area contributed by atoms with Gasteiger partial charge in [0.15, 0.2) is 5.82 Å². The summed E-state index contributed by atoms with van der Waals surface area (Å²) in [6.45, 7) is 5.52. The van der Waals surface area contributed by atoms with Crippen molar-refractivity contribution in [3.05, 3.63) is 54.1 Å². The Kier molecular flexibility index (Phi) is 8.31. The lowest BCUT2D eigenvalue weighted by atomic mass is 10.0. The first-order valence-corrected chi connectivity index (χ1v) is 12.3. The quantitative estimate of drug-likeness (QED) is 0.377. The predicted molar refractivity (Wildman–Crippen MR) is 133 cm³/mol. The molecule has 1 aliphatic carbocycles.